The van der Waals surface area contributed by atoms with Crippen LogP contribution in [0.15, 0.2) is 48.5 Å². The molecule has 0 bridgehead atoms. The van der Waals surface area contributed by atoms with Crippen LogP contribution in [0.2, 0.25) is 5.02 Å². The van der Waals surface area contributed by atoms with E-state index in [0.29, 0.717) is 18.1 Å². The molecule has 1 saturated heterocycles. The molecule has 2 aromatic carbocycles. The van der Waals surface area contributed by atoms with Crippen LogP contribution in [0.25, 0.3) is 0 Å². The molecule has 1 fully saturated rings. The predicted octanol–water partition coefficient (Wildman–Crippen LogP) is 3.72. The van der Waals surface area contributed by atoms with E-state index in [1.54, 1.807) is 23.1 Å². The number of anilines is 1. The van der Waals surface area contributed by atoms with Gasteiger partial charge in [0.1, 0.15) is 5.82 Å². The Labute approximate surface area is 140 Å². The zero-order valence-electron chi connectivity index (χ0n) is 12.9. The van der Waals surface area contributed by atoms with E-state index in [0.717, 1.165) is 17.8 Å². The standard InChI is InChI=1S/C18H18ClFN2O/c1-13-18(23)22(17-5-3-2-4-16(17)19)11-10-21(13)12-14-6-8-15(20)9-7-14/h2-9,13H,10-12H2,1H3. The molecule has 1 amide bonds. The van der Waals surface area contributed by atoms with Crippen LogP contribution in [0.1, 0.15) is 12.5 Å². The Hall–Kier alpha value is -1.91. The van der Waals surface area contributed by atoms with Crippen LogP contribution in [0.4, 0.5) is 10.1 Å². The molecule has 0 saturated carbocycles. The summed E-state index contributed by atoms with van der Waals surface area (Å²) in [5.74, 6) is -0.215. The lowest BCUT2D eigenvalue weighted by atomic mass is 10.1. The molecule has 0 aliphatic carbocycles. The number of amides is 1. The van der Waals surface area contributed by atoms with Gasteiger partial charge < -0.3 is 4.90 Å². The van der Waals surface area contributed by atoms with Crippen LogP contribution in [-0.4, -0.2) is 29.9 Å². The fourth-order valence-corrected chi connectivity index (χ4v) is 3.10. The summed E-state index contributed by atoms with van der Waals surface area (Å²) in [4.78, 5) is 16.5. The van der Waals surface area contributed by atoms with Gasteiger partial charge in [-0.25, -0.2) is 4.39 Å². The van der Waals surface area contributed by atoms with Crippen molar-refractivity contribution in [2.75, 3.05) is 18.0 Å². The first-order valence-corrected chi connectivity index (χ1v) is 7.98. The smallest absolute Gasteiger partial charge is 0.244 e. The van der Waals surface area contributed by atoms with Crippen LogP contribution in [0.3, 0.4) is 0 Å². The predicted molar refractivity (Wildman–Crippen MR) is 90.1 cm³/mol. The fraction of sp³-hybridized carbons (Fsp3) is 0.278. The Kier molecular flexibility index (Phi) is 4.64. The highest BCUT2D eigenvalue weighted by molar-refractivity contribution is 6.33. The molecule has 1 heterocycles. The van der Waals surface area contributed by atoms with E-state index in [4.69, 9.17) is 11.6 Å². The van der Waals surface area contributed by atoms with Crippen molar-refractivity contribution in [3.05, 3.63) is 64.9 Å². The Bertz CT molecular complexity index is 704. The first-order valence-electron chi connectivity index (χ1n) is 7.60. The Morgan fingerprint density at radius 3 is 2.52 bits per heavy atom. The third-order valence-electron chi connectivity index (χ3n) is 4.22. The van der Waals surface area contributed by atoms with Gasteiger partial charge in [-0.2, -0.15) is 0 Å². The van der Waals surface area contributed by atoms with Crippen molar-refractivity contribution in [3.8, 4) is 0 Å². The molecule has 1 atom stereocenters. The molecule has 0 spiro atoms. The van der Waals surface area contributed by atoms with Crippen LogP contribution in [0, 0.1) is 5.82 Å². The molecule has 3 nitrogen and oxygen atoms in total. The molecular weight excluding hydrogens is 315 g/mol. The monoisotopic (exact) mass is 332 g/mol. The lowest BCUT2D eigenvalue weighted by molar-refractivity contribution is -0.125. The molecule has 0 aromatic heterocycles. The Morgan fingerprint density at radius 2 is 1.83 bits per heavy atom. The summed E-state index contributed by atoms with van der Waals surface area (Å²) < 4.78 is 13.0. The molecule has 1 aliphatic heterocycles. The van der Waals surface area contributed by atoms with Gasteiger partial charge in [0.15, 0.2) is 0 Å². The molecule has 3 rings (SSSR count). The number of hydrogen-bond acceptors (Lipinski definition) is 2. The number of carbonyl (C=O) groups is 1. The average molecular weight is 333 g/mol. The third-order valence-corrected chi connectivity index (χ3v) is 4.54. The number of nitrogens with zero attached hydrogens (tertiary/aromatic N) is 2. The summed E-state index contributed by atoms with van der Waals surface area (Å²) in [6.45, 7) is 3.86. The van der Waals surface area contributed by atoms with Gasteiger partial charge in [-0.3, -0.25) is 9.69 Å². The van der Waals surface area contributed by atoms with E-state index in [-0.39, 0.29) is 17.8 Å². The molecule has 1 unspecified atom stereocenters. The fourth-order valence-electron chi connectivity index (χ4n) is 2.86. The van der Waals surface area contributed by atoms with Gasteiger partial charge in [0.05, 0.1) is 16.8 Å². The van der Waals surface area contributed by atoms with Gasteiger partial charge in [0.25, 0.3) is 0 Å². The zero-order chi connectivity index (χ0) is 16.4. The first kappa shape index (κ1) is 16.0. The van der Waals surface area contributed by atoms with Crippen LogP contribution >= 0.6 is 11.6 Å². The molecule has 2 aromatic rings. The van der Waals surface area contributed by atoms with E-state index in [1.165, 1.54) is 12.1 Å². The molecule has 0 N–H and O–H groups in total. The number of carbonyl (C=O) groups excluding carboxylic acids is 1. The highest BCUT2D eigenvalue weighted by atomic mass is 35.5. The molecule has 0 radical (unpaired) electrons. The Morgan fingerprint density at radius 1 is 1.13 bits per heavy atom. The number of hydrogen-bond donors (Lipinski definition) is 0. The van der Waals surface area contributed by atoms with Crippen molar-refractivity contribution >= 4 is 23.2 Å². The second-order valence-electron chi connectivity index (χ2n) is 5.71. The average Bonchev–Trinajstić information content (AvgIpc) is 2.55. The molecule has 1 aliphatic rings. The van der Waals surface area contributed by atoms with Crippen LogP contribution in [0.5, 0.6) is 0 Å². The van der Waals surface area contributed by atoms with Crippen molar-refractivity contribution in [2.24, 2.45) is 0 Å². The number of rotatable bonds is 3. The van der Waals surface area contributed by atoms with E-state index in [9.17, 15) is 9.18 Å². The maximum absolute atomic E-state index is 13.0. The summed E-state index contributed by atoms with van der Waals surface area (Å²) in [5, 5.41) is 0.583. The number of benzene rings is 2. The SMILES string of the molecule is CC1C(=O)N(c2ccccc2Cl)CCN1Cc1ccc(F)cc1. The van der Waals surface area contributed by atoms with Crippen LogP contribution < -0.4 is 4.90 Å². The highest BCUT2D eigenvalue weighted by Crippen LogP contribution is 2.28. The topological polar surface area (TPSA) is 23.6 Å². The maximum Gasteiger partial charge on any atom is 0.244 e. The van der Waals surface area contributed by atoms with Crippen molar-refractivity contribution < 1.29 is 9.18 Å². The lowest BCUT2D eigenvalue weighted by Crippen LogP contribution is -2.55. The summed E-state index contributed by atoms with van der Waals surface area (Å²) >= 11 is 6.21. The summed E-state index contributed by atoms with van der Waals surface area (Å²) in [6, 6.07) is 13.5. The molecule has 120 valence electrons. The quantitative estimate of drug-likeness (QED) is 0.855. The van der Waals surface area contributed by atoms with Crippen LogP contribution in [-0.2, 0) is 11.3 Å². The molecular formula is C18H18ClFN2O. The van der Waals surface area contributed by atoms with Gasteiger partial charge in [0.2, 0.25) is 5.91 Å². The third kappa shape index (κ3) is 3.38. The summed E-state index contributed by atoms with van der Waals surface area (Å²) in [7, 11) is 0. The number of para-hydroxylation sites is 1. The normalized spacial score (nSPS) is 19.2. The minimum atomic E-state index is -0.249. The summed E-state index contributed by atoms with van der Waals surface area (Å²) in [5.41, 5.74) is 1.75. The zero-order valence-corrected chi connectivity index (χ0v) is 13.6. The maximum atomic E-state index is 13.0. The van der Waals surface area contributed by atoms with Gasteiger partial charge in [-0.1, -0.05) is 35.9 Å². The van der Waals surface area contributed by atoms with Crippen molar-refractivity contribution in [1.29, 1.82) is 0 Å². The van der Waals surface area contributed by atoms with Gasteiger partial charge >= 0.3 is 0 Å². The highest BCUT2D eigenvalue weighted by Gasteiger charge is 2.32. The second-order valence-corrected chi connectivity index (χ2v) is 6.12. The largest absolute Gasteiger partial charge is 0.308 e. The first-order chi connectivity index (χ1) is 11.1. The number of piperazine rings is 1. The van der Waals surface area contributed by atoms with Gasteiger partial charge in [0, 0.05) is 19.6 Å². The van der Waals surface area contributed by atoms with Crippen molar-refractivity contribution in [3.63, 3.8) is 0 Å². The van der Waals surface area contributed by atoms with E-state index in [2.05, 4.69) is 4.90 Å². The minimum absolute atomic E-state index is 0.0338. The summed E-state index contributed by atoms with van der Waals surface area (Å²) in [6.07, 6.45) is 0. The van der Waals surface area contributed by atoms with Crippen molar-refractivity contribution in [1.82, 2.24) is 4.90 Å². The molecule has 5 heteroatoms. The Balaban J connectivity index is 1.74. The lowest BCUT2D eigenvalue weighted by Gasteiger charge is -2.39. The van der Waals surface area contributed by atoms with E-state index < -0.39 is 0 Å². The van der Waals surface area contributed by atoms with Crippen molar-refractivity contribution in [2.45, 2.75) is 19.5 Å². The minimum Gasteiger partial charge on any atom is -0.308 e. The van der Waals surface area contributed by atoms with Gasteiger partial charge in [-0.05, 0) is 36.8 Å². The number of halogens is 2. The van der Waals surface area contributed by atoms with Gasteiger partial charge in [-0.15, -0.1) is 0 Å². The van der Waals surface area contributed by atoms with E-state index in [1.807, 2.05) is 25.1 Å². The molecule has 23 heavy (non-hydrogen) atoms. The second kappa shape index (κ2) is 6.69. The van der Waals surface area contributed by atoms with E-state index >= 15 is 0 Å².